The summed E-state index contributed by atoms with van der Waals surface area (Å²) in [6.07, 6.45) is 2.25. The van der Waals surface area contributed by atoms with Crippen LogP contribution in [0.15, 0.2) is 53.7 Å². The molecule has 8 heteroatoms. The van der Waals surface area contributed by atoms with Gasteiger partial charge in [0.15, 0.2) is 5.16 Å². The van der Waals surface area contributed by atoms with Crippen molar-refractivity contribution in [3.63, 3.8) is 0 Å². The number of nitrogens with one attached hydrogen (secondary N) is 1. The number of rotatable bonds is 7. The summed E-state index contributed by atoms with van der Waals surface area (Å²) in [4.78, 5) is 12.6. The Bertz CT molecular complexity index is 1020. The van der Waals surface area contributed by atoms with E-state index in [1.807, 2.05) is 25.1 Å². The summed E-state index contributed by atoms with van der Waals surface area (Å²) < 4.78 is 15.4. The van der Waals surface area contributed by atoms with Gasteiger partial charge in [-0.05, 0) is 43.5 Å². The van der Waals surface area contributed by atoms with Crippen LogP contribution in [0.25, 0.3) is 0 Å². The zero-order valence-corrected chi connectivity index (χ0v) is 17.4. The van der Waals surface area contributed by atoms with E-state index < -0.39 is 11.1 Å². The van der Waals surface area contributed by atoms with Crippen molar-refractivity contribution in [2.24, 2.45) is 0 Å². The Morgan fingerprint density at radius 1 is 1.28 bits per heavy atom. The van der Waals surface area contributed by atoms with E-state index in [0.29, 0.717) is 18.2 Å². The van der Waals surface area contributed by atoms with E-state index in [1.165, 1.54) is 30.0 Å². The highest BCUT2D eigenvalue weighted by Gasteiger charge is 2.31. The molecule has 1 aromatic heterocycles. The van der Waals surface area contributed by atoms with Crippen LogP contribution in [0.2, 0.25) is 5.02 Å². The monoisotopic (exact) mass is 430 g/mol. The largest absolute Gasteiger partial charge is 0.325 e. The first-order valence-electron chi connectivity index (χ1n) is 9.41. The molecule has 0 bridgehead atoms. The maximum atomic E-state index is 13.3. The standard InChI is InChI=1S/C21H20ClFN4OS/c1-13(20(28)24-16-9-10-18(23)17(22)11-16)29-21-26-25-19(15-7-8-15)27(21)12-14-5-3-2-4-6-14/h2-6,9-11,13,15H,7-8,12H2,1H3,(H,24,28). The van der Waals surface area contributed by atoms with E-state index in [2.05, 4.69) is 32.2 Å². The van der Waals surface area contributed by atoms with Crippen molar-refractivity contribution in [1.82, 2.24) is 14.8 Å². The van der Waals surface area contributed by atoms with Crippen LogP contribution in [0.4, 0.5) is 10.1 Å². The van der Waals surface area contributed by atoms with Gasteiger partial charge in [0, 0.05) is 11.6 Å². The Morgan fingerprint density at radius 2 is 2.03 bits per heavy atom. The van der Waals surface area contributed by atoms with E-state index >= 15 is 0 Å². The van der Waals surface area contributed by atoms with E-state index in [1.54, 1.807) is 0 Å². The maximum Gasteiger partial charge on any atom is 0.237 e. The second-order valence-electron chi connectivity index (χ2n) is 7.07. The molecule has 1 N–H and O–H groups in total. The molecule has 1 heterocycles. The number of hydrogen-bond donors (Lipinski definition) is 1. The van der Waals surface area contributed by atoms with Crippen LogP contribution in [0.1, 0.15) is 37.1 Å². The molecule has 5 nitrogen and oxygen atoms in total. The van der Waals surface area contributed by atoms with Crippen LogP contribution in [-0.4, -0.2) is 25.9 Å². The van der Waals surface area contributed by atoms with E-state index in [9.17, 15) is 9.18 Å². The summed E-state index contributed by atoms with van der Waals surface area (Å²) in [5.74, 6) is 0.703. The molecule has 1 saturated carbocycles. The molecule has 1 amide bonds. The minimum atomic E-state index is -0.520. The van der Waals surface area contributed by atoms with Crippen LogP contribution < -0.4 is 5.32 Å². The molecule has 0 aliphatic heterocycles. The summed E-state index contributed by atoms with van der Waals surface area (Å²) in [6, 6.07) is 14.3. The van der Waals surface area contributed by atoms with Gasteiger partial charge in [0.1, 0.15) is 11.6 Å². The number of aromatic nitrogens is 3. The van der Waals surface area contributed by atoms with E-state index in [-0.39, 0.29) is 10.9 Å². The summed E-state index contributed by atoms with van der Waals surface area (Å²) in [5, 5.41) is 11.8. The van der Waals surface area contributed by atoms with Crippen molar-refractivity contribution in [1.29, 1.82) is 0 Å². The third-order valence-electron chi connectivity index (χ3n) is 4.71. The normalized spacial score (nSPS) is 14.6. The number of thioether (sulfide) groups is 1. The smallest absolute Gasteiger partial charge is 0.237 e. The van der Waals surface area contributed by atoms with E-state index in [0.717, 1.165) is 29.4 Å². The molecule has 0 spiro atoms. The van der Waals surface area contributed by atoms with Gasteiger partial charge in [0.05, 0.1) is 16.8 Å². The topological polar surface area (TPSA) is 59.8 Å². The van der Waals surface area contributed by atoms with Gasteiger partial charge in [0.2, 0.25) is 5.91 Å². The van der Waals surface area contributed by atoms with Crippen LogP contribution in [0, 0.1) is 5.82 Å². The Labute approximate surface area is 177 Å². The second-order valence-corrected chi connectivity index (χ2v) is 8.78. The third-order valence-corrected chi connectivity index (χ3v) is 6.08. The Balaban J connectivity index is 1.49. The molecule has 1 atom stereocenters. The highest BCUT2D eigenvalue weighted by molar-refractivity contribution is 8.00. The SMILES string of the molecule is CC(Sc1nnc(C2CC2)n1Cc1ccccc1)C(=O)Nc1ccc(F)c(Cl)c1. The number of halogens is 2. The van der Waals surface area contributed by atoms with Gasteiger partial charge in [-0.3, -0.25) is 4.79 Å². The van der Waals surface area contributed by atoms with Crippen molar-refractivity contribution in [3.8, 4) is 0 Å². The second kappa shape index (κ2) is 8.55. The first-order chi connectivity index (χ1) is 14.0. The van der Waals surface area contributed by atoms with Crippen LogP contribution in [0.5, 0.6) is 0 Å². The number of benzene rings is 2. The van der Waals surface area contributed by atoms with Crippen molar-refractivity contribution < 1.29 is 9.18 Å². The minimum Gasteiger partial charge on any atom is -0.325 e. The molecular weight excluding hydrogens is 411 g/mol. The van der Waals surface area contributed by atoms with Gasteiger partial charge >= 0.3 is 0 Å². The molecule has 0 radical (unpaired) electrons. The lowest BCUT2D eigenvalue weighted by molar-refractivity contribution is -0.115. The Kier molecular flexibility index (Phi) is 5.87. The maximum absolute atomic E-state index is 13.3. The number of hydrogen-bond acceptors (Lipinski definition) is 4. The van der Waals surface area contributed by atoms with Gasteiger partial charge in [-0.25, -0.2) is 4.39 Å². The lowest BCUT2D eigenvalue weighted by Gasteiger charge is -2.14. The number of amides is 1. The third kappa shape index (κ3) is 4.79. The molecule has 2 aromatic carbocycles. The Morgan fingerprint density at radius 3 is 2.72 bits per heavy atom. The molecule has 1 fully saturated rings. The molecular formula is C21H20ClFN4OS. The summed E-state index contributed by atoms with van der Waals surface area (Å²) in [5.41, 5.74) is 1.62. The highest BCUT2D eigenvalue weighted by atomic mass is 35.5. The quantitative estimate of drug-likeness (QED) is 0.529. The minimum absolute atomic E-state index is 0.0280. The number of nitrogens with zero attached hydrogens (tertiary/aromatic N) is 3. The molecule has 4 rings (SSSR count). The van der Waals surface area contributed by atoms with Crippen LogP contribution >= 0.6 is 23.4 Å². The fraction of sp³-hybridized carbons (Fsp3) is 0.286. The van der Waals surface area contributed by atoms with E-state index in [4.69, 9.17) is 11.6 Å². The molecule has 150 valence electrons. The number of anilines is 1. The molecule has 3 aromatic rings. The van der Waals surface area contributed by atoms with Gasteiger partial charge in [-0.1, -0.05) is 53.7 Å². The molecule has 1 unspecified atom stereocenters. The summed E-state index contributed by atoms with van der Waals surface area (Å²) in [7, 11) is 0. The molecule has 0 saturated heterocycles. The van der Waals surface area contributed by atoms with Crippen molar-refractivity contribution >= 4 is 35.0 Å². The lowest BCUT2D eigenvalue weighted by atomic mass is 10.2. The first kappa shape index (κ1) is 19.9. The average Bonchev–Trinajstić information content (AvgIpc) is 3.49. The molecule has 1 aliphatic carbocycles. The number of carbonyl (C=O) groups excluding carboxylic acids is 1. The first-order valence-corrected chi connectivity index (χ1v) is 10.7. The average molecular weight is 431 g/mol. The fourth-order valence-electron chi connectivity index (χ4n) is 2.97. The van der Waals surface area contributed by atoms with Gasteiger partial charge in [-0.2, -0.15) is 0 Å². The lowest BCUT2D eigenvalue weighted by Crippen LogP contribution is -2.23. The van der Waals surface area contributed by atoms with Crippen molar-refractivity contribution in [2.75, 3.05) is 5.32 Å². The van der Waals surface area contributed by atoms with Gasteiger partial charge in [-0.15, -0.1) is 10.2 Å². The highest BCUT2D eigenvalue weighted by Crippen LogP contribution is 2.40. The predicted molar refractivity (Wildman–Crippen MR) is 113 cm³/mol. The predicted octanol–water partition coefficient (Wildman–Crippen LogP) is 5.12. The molecule has 1 aliphatic rings. The molecule has 29 heavy (non-hydrogen) atoms. The zero-order chi connectivity index (χ0) is 20.4. The summed E-state index contributed by atoms with van der Waals surface area (Å²) >= 11 is 7.15. The van der Waals surface area contributed by atoms with Crippen molar-refractivity contribution in [3.05, 3.63) is 70.8 Å². The van der Waals surface area contributed by atoms with Crippen LogP contribution in [-0.2, 0) is 11.3 Å². The number of carbonyl (C=O) groups is 1. The van der Waals surface area contributed by atoms with Crippen molar-refractivity contribution in [2.45, 2.75) is 42.6 Å². The Hall–Kier alpha value is -2.38. The van der Waals surface area contributed by atoms with Gasteiger partial charge < -0.3 is 9.88 Å². The van der Waals surface area contributed by atoms with Crippen LogP contribution in [0.3, 0.4) is 0 Å². The summed E-state index contributed by atoms with van der Waals surface area (Å²) in [6.45, 7) is 2.48. The van der Waals surface area contributed by atoms with Gasteiger partial charge in [0.25, 0.3) is 0 Å². The zero-order valence-electron chi connectivity index (χ0n) is 15.8. The fourth-order valence-corrected chi connectivity index (χ4v) is 4.01.